The summed E-state index contributed by atoms with van der Waals surface area (Å²) in [5, 5.41) is 12.2. The van der Waals surface area contributed by atoms with Crippen molar-refractivity contribution in [3.05, 3.63) is 5.01 Å². The maximum absolute atomic E-state index is 12.1. The minimum atomic E-state index is -0.0548. The van der Waals surface area contributed by atoms with Crippen molar-refractivity contribution in [1.82, 2.24) is 20.0 Å². The van der Waals surface area contributed by atoms with Gasteiger partial charge in [-0.25, -0.2) is 0 Å². The van der Waals surface area contributed by atoms with E-state index < -0.39 is 0 Å². The molecule has 0 fully saturated rings. The third-order valence-corrected chi connectivity index (χ3v) is 3.45. The lowest BCUT2D eigenvalue weighted by Gasteiger charge is -2.16. The van der Waals surface area contributed by atoms with E-state index in [2.05, 4.69) is 27.3 Å². The van der Waals surface area contributed by atoms with Crippen LogP contribution in [0.1, 0.15) is 29.6 Å². The van der Waals surface area contributed by atoms with Crippen molar-refractivity contribution in [2.45, 2.75) is 19.8 Å². The number of nitrogens with one attached hydrogen (secondary N) is 1. The van der Waals surface area contributed by atoms with Crippen LogP contribution < -0.4 is 5.32 Å². The first-order valence-corrected chi connectivity index (χ1v) is 7.33. The second kappa shape index (κ2) is 8.06. The zero-order chi connectivity index (χ0) is 14.3. The summed E-state index contributed by atoms with van der Waals surface area (Å²) >= 11 is 1.31. The molecular formula is C12H23N5OS. The van der Waals surface area contributed by atoms with Gasteiger partial charge in [-0.05, 0) is 33.5 Å². The van der Waals surface area contributed by atoms with E-state index in [4.69, 9.17) is 0 Å². The molecule has 0 unspecified atom stereocenters. The number of hydrogen-bond acceptors (Lipinski definition) is 6. The molecule has 0 aliphatic heterocycles. The summed E-state index contributed by atoms with van der Waals surface area (Å²) in [7, 11) is 5.86. The van der Waals surface area contributed by atoms with Crippen LogP contribution in [0, 0.1) is 0 Å². The second-order valence-electron chi connectivity index (χ2n) is 4.72. The van der Waals surface area contributed by atoms with Gasteiger partial charge < -0.3 is 15.1 Å². The fourth-order valence-corrected chi connectivity index (χ4v) is 2.27. The van der Waals surface area contributed by atoms with Crippen molar-refractivity contribution in [3.63, 3.8) is 0 Å². The van der Waals surface area contributed by atoms with Crippen LogP contribution in [0.15, 0.2) is 0 Å². The van der Waals surface area contributed by atoms with Crippen LogP contribution >= 0.6 is 11.3 Å². The maximum Gasteiger partial charge on any atom is 0.284 e. The van der Waals surface area contributed by atoms with Crippen LogP contribution in [0.4, 0.5) is 5.13 Å². The third-order valence-electron chi connectivity index (χ3n) is 2.58. The van der Waals surface area contributed by atoms with Gasteiger partial charge in [0.2, 0.25) is 10.1 Å². The first kappa shape index (κ1) is 15.8. The lowest BCUT2D eigenvalue weighted by atomic mass is 10.3. The summed E-state index contributed by atoms with van der Waals surface area (Å²) in [6.45, 7) is 4.63. The molecule has 1 amide bonds. The lowest BCUT2D eigenvalue weighted by molar-refractivity contribution is 0.0789. The van der Waals surface area contributed by atoms with Gasteiger partial charge in [-0.2, -0.15) is 0 Å². The third kappa shape index (κ3) is 5.52. The zero-order valence-corrected chi connectivity index (χ0v) is 13.0. The standard InChI is InChI=1S/C12H23N5OS/c1-5-7-13-12-15-14-10(19-12)11(18)17(4)9-6-8-16(2)3/h5-9H2,1-4H3,(H,13,15). The van der Waals surface area contributed by atoms with E-state index in [0.29, 0.717) is 10.1 Å². The molecule has 19 heavy (non-hydrogen) atoms. The Bertz CT molecular complexity index is 393. The molecule has 0 saturated heterocycles. The number of anilines is 1. The van der Waals surface area contributed by atoms with Gasteiger partial charge in [-0.1, -0.05) is 18.3 Å². The largest absolute Gasteiger partial charge is 0.360 e. The van der Waals surface area contributed by atoms with Crippen molar-refractivity contribution < 1.29 is 4.79 Å². The molecule has 1 aromatic heterocycles. The Morgan fingerprint density at radius 1 is 1.26 bits per heavy atom. The molecule has 0 aromatic carbocycles. The summed E-state index contributed by atoms with van der Waals surface area (Å²) in [6.07, 6.45) is 1.97. The Labute approximate surface area is 118 Å². The smallest absolute Gasteiger partial charge is 0.284 e. The molecule has 1 rings (SSSR count). The van der Waals surface area contributed by atoms with Gasteiger partial charge in [-0.15, -0.1) is 10.2 Å². The predicted octanol–water partition coefficient (Wildman–Crippen LogP) is 1.38. The quantitative estimate of drug-likeness (QED) is 0.782. The topological polar surface area (TPSA) is 61.4 Å². The molecule has 0 spiro atoms. The zero-order valence-electron chi connectivity index (χ0n) is 12.1. The molecule has 1 aromatic rings. The molecular weight excluding hydrogens is 262 g/mol. The van der Waals surface area contributed by atoms with Crippen LogP contribution in [0.2, 0.25) is 0 Å². The van der Waals surface area contributed by atoms with E-state index in [0.717, 1.165) is 32.5 Å². The van der Waals surface area contributed by atoms with E-state index in [-0.39, 0.29) is 5.91 Å². The van der Waals surface area contributed by atoms with Crippen LogP contribution in [-0.4, -0.2) is 66.7 Å². The number of carbonyl (C=O) groups is 1. The molecule has 1 heterocycles. The number of rotatable bonds is 8. The fraction of sp³-hybridized carbons (Fsp3) is 0.750. The molecule has 0 aliphatic rings. The summed E-state index contributed by atoms with van der Waals surface area (Å²) in [4.78, 5) is 15.9. The Hall–Kier alpha value is -1.21. The molecule has 0 atom stereocenters. The van der Waals surface area contributed by atoms with Crippen molar-refractivity contribution in [2.75, 3.05) is 46.1 Å². The Morgan fingerprint density at radius 2 is 2.00 bits per heavy atom. The molecule has 1 N–H and O–H groups in total. The minimum absolute atomic E-state index is 0.0548. The highest BCUT2D eigenvalue weighted by Gasteiger charge is 2.16. The number of hydrogen-bond donors (Lipinski definition) is 1. The number of nitrogens with zero attached hydrogens (tertiary/aromatic N) is 4. The van der Waals surface area contributed by atoms with Crippen LogP contribution in [-0.2, 0) is 0 Å². The summed E-state index contributed by atoms with van der Waals surface area (Å²) in [5.41, 5.74) is 0. The van der Waals surface area contributed by atoms with Gasteiger partial charge in [0, 0.05) is 20.1 Å². The molecule has 7 heteroatoms. The van der Waals surface area contributed by atoms with Crippen LogP contribution in [0.3, 0.4) is 0 Å². The lowest BCUT2D eigenvalue weighted by Crippen LogP contribution is -2.29. The fourth-order valence-electron chi connectivity index (χ4n) is 1.50. The highest BCUT2D eigenvalue weighted by molar-refractivity contribution is 7.17. The maximum atomic E-state index is 12.1. The Kier molecular flexibility index (Phi) is 6.72. The predicted molar refractivity (Wildman–Crippen MR) is 78.8 cm³/mol. The second-order valence-corrected chi connectivity index (χ2v) is 5.70. The summed E-state index contributed by atoms with van der Waals surface area (Å²) in [5.74, 6) is -0.0548. The van der Waals surface area contributed by atoms with E-state index in [1.54, 1.807) is 11.9 Å². The average Bonchev–Trinajstić information content (AvgIpc) is 2.83. The van der Waals surface area contributed by atoms with Crippen LogP contribution in [0.5, 0.6) is 0 Å². The summed E-state index contributed by atoms with van der Waals surface area (Å²) in [6, 6.07) is 0. The highest BCUT2D eigenvalue weighted by Crippen LogP contribution is 2.16. The monoisotopic (exact) mass is 285 g/mol. The number of aromatic nitrogens is 2. The summed E-state index contributed by atoms with van der Waals surface area (Å²) < 4.78 is 0. The Morgan fingerprint density at radius 3 is 2.63 bits per heavy atom. The highest BCUT2D eigenvalue weighted by atomic mass is 32.1. The van der Waals surface area contributed by atoms with Crippen molar-refractivity contribution in [3.8, 4) is 0 Å². The van der Waals surface area contributed by atoms with Gasteiger partial charge in [0.15, 0.2) is 0 Å². The van der Waals surface area contributed by atoms with E-state index in [1.165, 1.54) is 11.3 Å². The van der Waals surface area contributed by atoms with Crippen molar-refractivity contribution in [1.29, 1.82) is 0 Å². The SMILES string of the molecule is CCCNc1nnc(C(=O)N(C)CCCN(C)C)s1. The number of amides is 1. The van der Waals surface area contributed by atoms with E-state index >= 15 is 0 Å². The molecule has 6 nitrogen and oxygen atoms in total. The molecule has 108 valence electrons. The molecule has 0 radical (unpaired) electrons. The van der Waals surface area contributed by atoms with Crippen LogP contribution in [0.25, 0.3) is 0 Å². The van der Waals surface area contributed by atoms with Gasteiger partial charge >= 0.3 is 0 Å². The van der Waals surface area contributed by atoms with Gasteiger partial charge in [-0.3, -0.25) is 4.79 Å². The van der Waals surface area contributed by atoms with Crippen molar-refractivity contribution >= 4 is 22.4 Å². The molecule has 0 saturated carbocycles. The molecule has 0 aliphatic carbocycles. The van der Waals surface area contributed by atoms with E-state index in [9.17, 15) is 4.79 Å². The molecule has 0 bridgehead atoms. The number of carbonyl (C=O) groups excluding carboxylic acids is 1. The average molecular weight is 285 g/mol. The minimum Gasteiger partial charge on any atom is -0.360 e. The van der Waals surface area contributed by atoms with Crippen molar-refractivity contribution in [2.24, 2.45) is 0 Å². The van der Waals surface area contributed by atoms with Gasteiger partial charge in [0.25, 0.3) is 5.91 Å². The van der Waals surface area contributed by atoms with Gasteiger partial charge in [0.05, 0.1) is 0 Å². The normalized spacial score (nSPS) is 10.8. The first-order chi connectivity index (χ1) is 9.04. The first-order valence-electron chi connectivity index (χ1n) is 6.52. The van der Waals surface area contributed by atoms with E-state index in [1.807, 2.05) is 14.1 Å². The Balaban J connectivity index is 2.45. The van der Waals surface area contributed by atoms with Gasteiger partial charge in [0.1, 0.15) is 0 Å².